The van der Waals surface area contributed by atoms with E-state index in [2.05, 4.69) is 5.32 Å². The SMILES string of the molecule is Cc1ccc(C(=O)NC(=O)/C=C/CC2CC2(F)F)cc1. The van der Waals surface area contributed by atoms with Gasteiger partial charge in [0.15, 0.2) is 0 Å². The van der Waals surface area contributed by atoms with Gasteiger partial charge in [0.25, 0.3) is 11.8 Å². The molecule has 1 fully saturated rings. The second-order valence-corrected chi connectivity index (χ2v) is 4.98. The number of carbonyl (C=O) groups is 2. The Kier molecular flexibility index (Phi) is 3.97. The second-order valence-electron chi connectivity index (χ2n) is 4.98. The fourth-order valence-corrected chi connectivity index (χ4v) is 1.80. The van der Waals surface area contributed by atoms with Crippen LogP contribution in [0.15, 0.2) is 36.4 Å². The van der Waals surface area contributed by atoms with Crippen LogP contribution in [0, 0.1) is 12.8 Å². The molecule has 20 heavy (non-hydrogen) atoms. The number of hydrogen-bond acceptors (Lipinski definition) is 2. The van der Waals surface area contributed by atoms with Crippen LogP contribution < -0.4 is 5.32 Å². The van der Waals surface area contributed by atoms with Crippen molar-refractivity contribution in [3.63, 3.8) is 0 Å². The van der Waals surface area contributed by atoms with Crippen molar-refractivity contribution in [2.45, 2.75) is 25.7 Å². The highest BCUT2D eigenvalue weighted by Gasteiger charge is 2.55. The Morgan fingerprint density at radius 2 is 1.95 bits per heavy atom. The molecule has 1 atom stereocenters. The van der Waals surface area contributed by atoms with Gasteiger partial charge in [0, 0.05) is 17.9 Å². The van der Waals surface area contributed by atoms with Crippen LogP contribution in [-0.4, -0.2) is 17.7 Å². The van der Waals surface area contributed by atoms with Gasteiger partial charge in [-0.05, 0) is 31.6 Å². The lowest BCUT2D eigenvalue weighted by molar-refractivity contribution is -0.115. The minimum absolute atomic E-state index is 0.124. The van der Waals surface area contributed by atoms with Crippen molar-refractivity contribution in [3.8, 4) is 0 Å². The van der Waals surface area contributed by atoms with E-state index in [0.717, 1.165) is 11.6 Å². The van der Waals surface area contributed by atoms with Crippen molar-refractivity contribution >= 4 is 11.8 Å². The Labute approximate surface area is 115 Å². The number of nitrogens with one attached hydrogen (secondary N) is 1. The lowest BCUT2D eigenvalue weighted by atomic mass is 10.1. The van der Waals surface area contributed by atoms with Crippen molar-refractivity contribution in [1.82, 2.24) is 5.32 Å². The minimum atomic E-state index is -2.58. The van der Waals surface area contributed by atoms with Crippen LogP contribution in [0.1, 0.15) is 28.8 Å². The standard InChI is InChI=1S/C15H15F2NO2/c1-10-5-7-11(8-6-10)14(20)18-13(19)4-2-3-12-9-15(12,16)17/h2,4-8,12H,3,9H2,1H3,(H,18,19,20)/b4-2+. The first-order valence-corrected chi connectivity index (χ1v) is 6.35. The monoisotopic (exact) mass is 279 g/mol. The van der Waals surface area contributed by atoms with Crippen molar-refractivity contribution in [2.75, 3.05) is 0 Å². The molecule has 1 unspecified atom stereocenters. The van der Waals surface area contributed by atoms with Gasteiger partial charge in [-0.15, -0.1) is 0 Å². The molecule has 1 saturated carbocycles. The number of aryl methyl sites for hydroxylation is 1. The summed E-state index contributed by atoms with van der Waals surface area (Å²) in [5.74, 6) is -4.35. The Morgan fingerprint density at radius 3 is 2.50 bits per heavy atom. The highest BCUT2D eigenvalue weighted by Crippen LogP contribution is 2.50. The lowest BCUT2D eigenvalue weighted by Gasteiger charge is -2.01. The molecule has 0 radical (unpaired) electrons. The summed E-state index contributed by atoms with van der Waals surface area (Å²) in [6, 6.07) is 6.77. The van der Waals surface area contributed by atoms with Gasteiger partial charge in [-0.25, -0.2) is 8.78 Å². The first kappa shape index (κ1) is 14.4. The molecule has 2 amide bonds. The van der Waals surface area contributed by atoms with Gasteiger partial charge in [-0.3, -0.25) is 14.9 Å². The Hall–Kier alpha value is -2.04. The molecule has 106 valence electrons. The molecule has 0 aliphatic heterocycles. The fraction of sp³-hybridized carbons (Fsp3) is 0.333. The number of amides is 2. The van der Waals surface area contributed by atoms with Crippen molar-refractivity contribution in [1.29, 1.82) is 0 Å². The van der Waals surface area contributed by atoms with Gasteiger partial charge in [-0.2, -0.15) is 0 Å². The second kappa shape index (κ2) is 5.53. The number of rotatable bonds is 4. The molecule has 3 nitrogen and oxygen atoms in total. The molecule has 0 saturated heterocycles. The Morgan fingerprint density at radius 1 is 1.35 bits per heavy atom. The molecule has 1 aromatic carbocycles. The van der Waals surface area contributed by atoms with Gasteiger partial charge < -0.3 is 0 Å². The van der Waals surface area contributed by atoms with Crippen LogP contribution in [0.2, 0.25) is 0 Å². The predicted molar refractivity (Wildman–Crippen MR) is 70.5 cm³/mol. The number of carbonyl (C=O) groups excluding carboxylic acids is 2. The van der Waals surface area contributed by atoms with E-state index >= 15 is 0 Å². The summed E-state index contributed by atoms with van der Waals surface area (Å²) in [6.07, 6.45) is 2.53. The van der Waals surface area contributed by atoms with Crippen LogP contribution >= 0.6 is 0 Å². The van der Waals surface area contributed by atoms with Crippen molar-refractivity contribution < 1.29 is 18.4 Å². The van der Waals surface area contributed by atoms with E-state index in [1.165, 1.54) is 6.08 Å². The average Bonchev–Trinajstić information content (AvgIpc) is 2.97. The third-order valence-electron chi connectivity index (χ3n) is 3.20. The molecule has 1 aliphatic carbocycles. The maximum absolute atomic E-state index is 12.6. The topological polar surface area (TPSA) is 46.2 Å². The van der Waals surface area contributed by atoms with Crippen LogP contribution in [-0.2, 0) is 4.79 Å². The first-order valence-electron chi connectivity index (χ1n) is 6.35. The zero-order valence-corrected chi connectivity index (χ0v) is 11.0. The summed E-state index contributed by atoms with van der Waals surface area (Å²) in [4.78, 5) is 23.1. The van der Waals surface area contributed by atoms with Gasteiger partial charge in [0.1, 0.15) is 0 Å². The zero-order chi connectivity index (χ0) is 14.8. The molecule has 2 rings (SSSR count). The van der Waals surface area contributed by atoms with Gasteiger partial charge in [-0.1, -0.05) is 23.8 Å². The summed E-state index contributed by atoms with van der Waals surface area (Å²) < 4.78 is 25.2. The fourth-order valence-electron chi connectivity index (χ4n) is 1.80. The normalized spacial score (nSPS) is 19.9. The molecule has 0 heterocycles. The number of benzene rings is 1. The van der Waals surface area contributed by atoms with Crippen LogP contribution in [0.3, 0.4) is 0 Å². The maximum Gasteiger partial charge on any atom is 0.258 e. The molecular weight excluding hydrogens is 264 g/mol. The van der Waals surface area contributed by atoms with Crippen molar-refractivity contribution in [3.05, 3.63) is 47.5 Å². The molecule has 1 N–H and O–H groups in total. The highest BCUT2D eigenvalue weighted by molar-refractivity contribution is 6.07. The molecule has 1 aliphatic rings. The molecule has 0 bridgehead atoms. The Balaban J connectivity index is 1.80. The van der Waals surface area contributed by atoms with E-state index in [0.29, 0.717) is 5.56 Å². The van der Waals surface area contributed by atoms with Crippen molar-refractivity contribution in [2.24, 2.45) is 5.92 Å². The third-order valence-corrected chi connectivity index (χ3v) is 3.20. The van der Waals surface area contributed by atoms with E-state index in [9.17, 15) is 18.4 Å². The quantitative estimate of drug-likeness (QED) is 0.861. The molecule has 0 aromatic heterocycles. The highest BCUT2D eigenvalue weighted by atomic mass is 19.3. The van der Waals surface area contributed by atoms with Gasteiger partial charge >= 0.3 is 0 Å². The smallest absolute Gasteiger partial charge is 0.258 e. The molecule has 1 aromatic rings. The number of hydrogen-bond donors (Lipinski definition) is 1. The number of halogens is 2. The zero-order valence-electron chi connectivity index (χ0n) is 11.0. The predicted octanol–water partition coefficient (Wildman–Crippen LogP) is 2.85. The average molecular weight is 279 g/mol. The van der Waals surface area contributed by atoms with Gasteiger partial charge in [0.2, 0.25) is 5.91 Å². The first-order chi connectivity index (χ1) is 9.38. The van der Waals surface area contributed by atoms with Gasteiger partial charge in [0.05, 0.1) is 0 Å². The molecule has 0 spiro atoms. The van der Waals surface area contributed by atoms with Crippen LogP contribution in [0.4, 0.5) is 8.78 Å². The van der Waals surface area contributed by atoms with Crippen LogP contribution in [0.25, 0.3) is 0 Å². The van der Waals surface area contributed by atoms with Crippen LogP contribution in [0.5, 0.6) is 0 Å². The summed E-state index contributed by atoms with van der Waals surface area (Å²) in [5.41, 5.74) is 1.39. The summed E-state index contributed by atoms with van der Waals surface area (Å²) in [6.45, 7) is 1.89. The largest absolute Gasteiger partial charge is 0.289 e. The number of alkyl halides is 2. The maximum atomic E-state index is 12.6. The van der Waals surface area contributed by atoms with E-state index in [1.807, 2.05) is 6.92 Å². The number of allylic oxidation sites excluding steroid dienone is 1. The summed E-state index contributed by atoms with van der Waals surface area (Å²) in [7, 11) is 0. The lowest BCUT2D eigenvalue weighted by Crippen LogP contribution is -2.28. The third kappa shape index (κ3) is 3.73. The van der Waals surface area contributed by atoms with E-state index in [4.69, 9.17) is 0 Å². The summed E-state index contributed by atoms with van der Waals surface area (Å²) in [5, 5.41) is 2.18. The molecular formula is C15H15F2NO2. The Bertz CT molecular complexity index is 549. The van der Waals surface area contributed by atoms with E-state index in [-0.39, 0.29) is 12.8 Å². The number of imide groups is 1. The minimum Gasteiger partial charge on any atom is -0.289 e. The molecule has 5 heteroatoms. The van der Waals surface area contributed by atoms with E-state index in [1.54, 1.807) is 24.3 Å². The summed E-state index contributed by atoms with van der Waals surface area (Å²) >= 11 is 0. The van der Waals surface area contributed by atoms with E-state index < -0.39 is 23.7 Å².